The maximum absolute atomic E-state index is 13.1. The molecular formula is C25H17Cl2NO4S2. The van der Waals surface area contributed by atoms with E-state index in [1.807, 2.05) is 36.4 Å². The van der Waals surface area contributed by atoms with Gasteiger partial charge in [-0.1, -0.05) is 89.6 Å². The molecule has 9 heteroatoms. The van der Waals surface area contributed by atoms with E-state index >= 15 is 0 Å². The van der Waals surface area contributed by atoms with Gasteiger partial charge in [0.15, 0.2) is 0 Å². The molecule has 1 fully saturated rings. The Morgan fingerprint density at radius 1 is 1.03 bits per heavy atom. The number of thiocarbonyl (C=S) groups is 1. The molecule has 172 valence electrons. The van der Waals surface area contributed by atoms with Crippen molar-refractivity contribution < 1.29 is 19.4 Å². The number of carbonyl (C=O) groups is 2. The van der Waals surface area contributed by atoms with Gasteiger partial charge in [0.2, 0.25) is 0 Å². The van der Waals surface area contributed by atoms with E-state index in [-0.39, 0.29) is 10.7 Å². The maximum atomic E-state index is 13.1. The summed E-state index contributed by atoms with van der Waals surface area (Å²) in [6.45, 7) is 0. The van der Waals surface area contributed by atoms with Crippen molar-refractivity contribution in [1.82, 2.24) is 4.90 Å². The number of carboxylic acids is 1. The largest absolute Gasteiger partial charge is 0.480 e. The van der Waals surface area contributed by atoms with Crippen molar-refractivity contribution in [2.24, 2.45) is 0 Å². The van der Waals surface area contributed by atoms with Crippen LogP contribution in [0.25, 0.3) is 6.08 Å². The summed E-state index contributed by atoms with van der Waals surface area (Å²) in [7, 11) is 0. The van der Waals surface area contributed by atoms with E-state index in [1.165, 1.54) is 4.90 Å². The maximum Gasteiger partial charge on any atom is 0.327 e. The molecule has 1 amide bonds. The van der Waals surface area contributed by atoms with Crippen LogP contribution >= 0.6 is 47.2 Å². The number of ether oxygens (including phenoxy) is 1. The van der Waals surface area contributed by atoms with E-state index in [9.17, 15) is 14.7 Å². The fraction of sp³-hybridized carbons (Fsp3) is 0.0800. The van der Waals surface area contributed by atoms with E-state index < -0.39 is 17.9 Å². The minimum atomic E-state index is -1.11. The first-order valence-electron chi connectivity index (χ1n) is 10.1. The third kappa shape index (κ3) is 5.62. The number of hydrogen-bond acceptors (Lipinski definition) is 5. The van der Waals surface area contributed by atoms with Crippen LogP contribution in [0.5, 0.6) is 11.5 Å². The Bertz CT molecular complexity index is 1300. The second-order valence-corrected chi connectivity index (χ2v) is 9.84. The fourth-order valence-corrected chi connectivity index (χ4v) is 5.02. The zero-order chi connectivity index (χ0) is 24.2. The summed E-state index contributed by atoms with van der Waals surface area (Å²) in [5.74, 6) is -0.495. The van der Waals surface area contributed by atoms with Crippen LogP contribution in [-0.4, -0.2) is 32.2 Å². The van der Waals surface area contributed by atoms with Crippen molar-refractivity contribution in [2.75, 3.05) is 0 Å². The minimum Gasteiger partial charge on any atom is -0.480 e. The zero-order valence-electron chi connectivity index (χ0n) is 17.5. The lowest BCUT2D eigenvalue weighted by atomic mass is 10.0. The predicted octanol–water partition coefficient (Wildman–Crippen LogP) is 6.68. The summed E-state index contributed by atoms with van der Waals surface area (Å²) in [5, 5.41) is 10.6. The molecule has 0 saturated carbocycles. The number of aliphatic carboxylic acids is 1. The molecule has 0 radical (unpaired) electrons. The molecule has 1 saturated heterocycles. The average Bonchev–Trinajstić information content (AvgIpc) is 3.08. The molecule has 34 heavy (non-hydrogen) atoms. The van der Waals surface area contributed by atoms with Crippen LogP contribution in [-0.2, 0) is 16.0 Å². The summed E-state index contributed by atoms with van der Waals surface area (Å²) < 4.78 is 6.06. The van der Waals surface area contributed by atoms with Gasteiger partial charge in [0, 0.05) is 12.5 Å². The molecule has 0 aliphatic carbocycles. The molecule has 4 rings (SSSR count). The molecule has 3 aromatic rings. The van der Waals surface area contributed by atoms with Gasteiger partial charge in [-0.3, -0.25) is 9.69 Å². The van der Waals surface area contributed by atoms with E-state index in [1.54, 1.807) is 42.5 Å². The molecule has 1 aliphatic rings. The molecule has 0 bridgehead atoms. The highest BCUT2D eigenvalue weighted by Crippen LogP contribution is 2.36. The smallest absolute Gasteiger partial charge is 0.327 e. The Morgan fingerprint density at radius 2 is 1.76 bits per heavy atom. The summed E-state index contributed by atoms with van der Waals surface area (Å²) in [6, 6.07) is 20.1. The third-order valence-electron chi connectivity index (χ3n) is 4.97. The van der Waals surface area contributed by atoms with Gasteiger partial charge in [0.25, 0.3) is 5.91 Å². The van der Waals surface area contributed by atoms with E-state index in [4.69, 9.17) is 40.2 Å². The number of amides is 1. The number of carbonyl (C=O) groups excluding carboxylic acids is 1. The predicted molar refractivity (Wildman–Crippen MR) is 140 cm³/mol. The van der Waals surface area contributed by atoms with Crippen molar-refractivity contribution in [1.29, 1.82) is 0 Å². The monoisotopic (exact) mass is 529 g/mol. The van der Waals surface area contributed by atoms with Crippen molar-refractivity contribution in [3.63, 3.8) is 0 Å². The Morgan fingerprint density at radius 3 is 2.47 bits per heavy atom. The van der Waals surface area contributed by atoms with Crippen LogP contribution in [0.1, 0.15) is 11.1 Å². The van der Waals surface area contributed by atoms with Crippen molar-refractivity contribution in [2.45, 2.75) is 12.5 Å². The van der Waals surface area contributed by atoms with E-state index in [0.29, 0.717) is 32.0 Å². The molecular weight excluding hydrogens is 513 g/mol. The van der Waals surface area contributed by atoms with Gasteiger partial charge in [-0.15, -0.1) is 0 Å². The molecule has 1 unspecified atom stereocenters. The van der Waals surface area contributed by atoms with Gasteiger partial charge in [-0.25, -0.2) is 4.79 Å². The van der Waals surface area contributed by atoms with Crippen LogP contribution in [0.15, 0.2) is 77.7 Å². The van der Waals surface area contributed by atoms with Crippen molar-refractivity contribution in [3.05, 3.63) is 98.9 Å². The molecule has 0 aromatic heterocycles. The lowest BCUT2D eigenvalue weighted by molar-refractivity contribution is -0.145. The summed E-state index contributed by atoms with van der Waals surface area (Å²) in [5.41, 5.74) is 1.51. The zero-order valence-corrected chi connectivity index (χ0v) is 20.6. The first kappa shape index (κ1) is 24.3. The van der Waals surface area contributed by atoms with Crippen molar-refractivity contribution >= 4 is 69.5 Å². The first-order chi connectivity index (χ1) is 16.3. The van der Waals surface area contributed by atoms with Crippen LogP contribution in [0.3, 0.4) is 0 Å². The number of halogens is 2. The molecule has 5 nitrogen and oxygen atoms in total. The number of rotatable bonds is 7. The van der Waals surface area contributed by atoms with Gasteiger partial charge in [-0.05, 0) is 41.5 Å². The van der Waals surface area contributed by atoms with Gasteiger partial charge >= 0.3 is 5.97 Å². The lowest BCUT2D eigenvalue weighted by Crippen LogP contribution is -2.45. The second kappa shape index (κ2) is 10.6. The van der Waals surface area contributed by atoms with E-state index in [2.05, 4.69) is 0 Å². The summed E-state index contributed by atoms with van der Waals surface area (Å²) in [4.78, 5) is 26.6. The molecule has 3 aromatic carbocycles. The number of carboxylic acid groups (broad SMARTS) is 1. The highest BCUT2D eigenvalue weighted by atomic mass is 35.5. The molecule has 1 heterocycles. The number of benzene rings is 3. The fourth-order valence-electron chi connectivity index (χ4n) is 3.37. The van der Waals surface area contributed by atoms with Crippen LogP contribution in [0, 0.1) is 0 Å². The molecule has 0 spiro atoms. The molecule has 1 N–H and O–H groups in total. The number of nitrogens with zero attached hydrogens (tertiary/aromatic N) is 1. The Balaban J connectivity index is 1.55. The SMILES string of the molecule is O=C(O)C(Cc1ccccc1)N1C(=O)/C(=C/c2cccc(Oc3ccc(Cl)c(Cl)c3)c2)SC1=S. The Hall–Kier alpha value is -2.84. The van der Waals surface area contributed by atoms with Gasteiger partial charge in [0.1, 0.15) is 21.9 Å². The first-order valence-corrected chi connectivity index (χ1v) is 12.1. The highest BCUT2D eigenvalue weighted by Gasteiger charge is 2.40. The van der Waals surface area contributed by atoms with Crippen LogP contribution in [0.2, 0.25) is 10.0 Å². The second-order valence-electron chi connectivity index (χ2n) is 7.35. The lowest BCUT2D eigenvalue weighted by Gasteiger charge is -2.23. The third-order valence-corrected chi connectivity index (χ3v) is 7.04. The molecule has 1 atom stereocenters. The number of thioether (sulfide) groups is 1. The van der Waals surface area contributed by atoms with Crippen molar-refractivity contribution in [3.8, 4) is 11.5 Å². The Labute approximate surface area is 215 Å². The topological polar surface area (TPSA) is 66.8 Å². The summed E-state index contributed by atoms with van der Waals surface area (Å²) in [6.07, 6.45) is 1.82. The normalized spacial score (nSPS) is 15.6. The molecule has 1 aliphatic heterocycles. The van der Waals surface area contributed by atoms with Gasteiger partial charge in [0.05, 0.1) is 15.0 Å². The Kier molecular flexibility index (Phi) is 7.58. The minimum absolute atomic E-state index is 0.156. The van der Waals surface area contributed by atoms with E-state index in [0.717, 1.165) is 17.3 Å². The standard InChI is InChI=1S/C25H17Cl2NO4S2/c26-19-10-9-18(14-20(19)27)32-17-8-4-7-16(11-17)13-22-23(29)28(25(33)34-22)21(24(30)31)12-15-5-2-1-3-6-15/h1-11,13-14,21H,12H2,(H,30,31)/b22-13-. The summed E-state index contributed by atoms with van der Waals surface area (Å²) >= 11 is 18.4. The average molecular weight is 530 g/mol. The van der Waals surface area contributed by atoms with Crippen LogP contribution in [0.4, 0.5) is 0 Å². The highest BCUT2D eigenvalue weighted by molar-refractivity contribution is 8.26. The quantitative estimate of drug-likeness (QED) is 0.272. The number of hydrogen-bond donors (Lipinski definition) is 1. The van der Waals surface area contributed by atoms with Gasteiger partial charge < -0.3 is 9.84 Å². The van der Waals surface area contributed by atoms with Gasteiger partial charge in [-0.2, -0.15) is 0 Å². The van der Waals surface area contributed by atoms with Crippen LogP contribution < -0.4 is 4.74 Å².